The van der Waals surface area contributed by atoms with Crippen molar-refractivity contribution in [2.45, 2.75) is 6.61 Å². The number of hydrogen-bond donors (Lipinski definition) is 1. The zero-order chi connectivity index (χ0) is 12.3. The van der Waals surface area contributed by atoms with Crippen molar-refractivity contribution in [1.82, 2.24) is 9.59 Å². The average Bonchev–Trinajstić information content (AvgIpc) is 2.74. The predicted molar refractivity (Wildman–Crippen MR) is 57.6 cm³/mol. The van der Waals surface area contributed by atoms with Crippen molar-refractivity contribution in [2.24, 2.45) is 0 Å². The van der Waals surface area contributed by atoms with Gasteiger partial charge in [0, 0.05) is 6.07 Å². The second-order valence-electron chi connectivity index (χ2n) is 3.10. The van der Waals surface area contributed by atoms with Gasteiger partial charge in [-0.25, -0.2) is 9.18 Å². The van der Waals surface area contributed by atoms with Crippen LogP contribution in [0.4, 0.5) is 4.39 Å². The summed E-state index contributed by atoms with van der Waals surface area (Å²) >= 11 is 0.941. The normalized spacial score (nSPS) is 10.2. The summed E-state index contributed by atoms with van der Waals surface area (Å²) in [6.07, 6.45) is 0. The summed E-state index contributed by atoms with van der Waals surface area (Å²) in [6.45, 7) is 0.00273. The van der Waals surface area contributed by atoms with Crippen molar-refractivity contribution >= 4 is 17.5 Å². The molecule has 7 heteroatoms. The van der Waals surface area contributed by atoms with E-state index in [-0.39, 0.29) is 12.3 Å². The highest BCUT2D eigenvalue weighted by molar-refractivity contribution is 7.05. The van der Waals surface area contributed by atoms with Gasteiger partial charge in [-0.1, -0.05) is 10.6 Å². The van der Waals surface area contributed by atoms with Crippen molar-refractivity contribution in [2.75, 3.05) is 0 Å². The van der Waals surface area contributed by atoms with Gasteiger partial charge < -0.3 is 9.84 Å². The summed E-state index contributed by atoms with van der Waals surface area (Å²) in [5.41, 5.74) is -0.133. The van der Waals surface area contributed by atoms with E-state index in [0.29, 0.717) is 10.6 Å². The van der Waals surface area contributed by atoms with Gasteiger partial charge in [-0.2, -0.15) is 0 Å². The number of benzene rings is 1. The molecule has 0 bridgehead atoms. The molecule has 0 saturated heterocycles. The smallest absolute Gasteiger partial charge is 0.357 e. The van der Waals surface area contributed by atoms with Crippen LogP contribution in [-0.4, -0.2) is 20.7 Å². The van der Waals surface area contributed by atoms with E-state index in [1.807, 2.05) is 0 Å². The summed E-state index contributed by atoms with van der Waals surface area (Å²) in [5.74, 6) is -1.24. The Balaban J connectivity index is 2.07. The molecule has 17 heavy (non-hydrogen) atoms. The van der Waals surface area contributed by atoms with E-state index in [9.17, 15) is 9.18 Å². The topological polar surface area (TPSA) is 72.3 Å². The first-order chi connectivity index (χ1) is 8.16. The van der Waals surface area contributed by atoms with E-state index in [2.05, 4.69) is 9.59 Å². The molecule has 0 fully saturated rings. The Labute approximate surface area is 99.6 Å². The molecule has 0 saturated carbocycles. The van der Waals surface area contributed by atoms with E-state index in [0.717, 1.165) is 11.5 Å². The maximum Gasteiger partial charge on any atom is 0.357 e. The Kier molecular flexibility index (Phi) is 3.29. The van der Waals surface area contributed by atoms with Crippen LogP contribution in [0.25, 0.3) is 0 Å². The zero-order valence-electron chi connectivity index (χ0n) is 8.46. The maximum atomic E-state index is 12.8. The van der Waals surface area contributed by atoms with Crippen molar-refractivity contribution in [1.29, 1.82) is 0 Å². The number of carbonyl (C=O) groups is 1. The molecule has 0 aliphatic rings. The van der Waals surface area contributed by atoms with Gasteiger partial charge in [-0.05, 0) is 23.7 Å². The molecule has 2 rings (SSSR count). The highest BCUT2D eigenvalue weighted by Crippen LogP contribution is 2.17. The van der Waals surface area contributed by atoms with Gasteiger partial charge in [0.1, 0.15) is 18.2 Å². The number of nitrogens with zero attached hydrogens (tertiary/aromatic N) is 2. The zero-order valence-corrected chi connectivity index (χ0v) is 9.28. The molecule has 2 aromatic rings. The van der Waals surface area contributed by atoms with Crippen LogP contribution in [0.5, 0.6) is 5.75 Å². The summed E-state index contributed by atoms with van der Waals surface area (Å²) in [5, 5.41) is 12.2. The van der Waals surface area contributed by atoms with Gasteiger partial charge in [0.2, 0.25) is 0 Å². The largest absolute Gasteiger partial charge is 0.488 e. The van der Waals surface area contributed by atoms with Crippen molar-refractivity contribution < 1.29 is 19.0 Å². The highest BCUT2D eigenvalue weighted by Gasteiger charge is 2.15. The van der Waals surface area contributed by atoms with Crippen LogP contribution in [0.15, 0.2) is 24.3 Å². The minimum absolute atomic E-state index is 0.00273. The molecule has 0 aliphatic carbocycles. The van der Waals surface area contributed by atoms with E-state index in [1.165, 1.54) is 18.2 Å². The molecule has 5 nitrogen and oxygen atoms in total. The number of rotatable bonds is 4. The number of carboxylic acids is 1. The number of carboxylic acid groups (broad SMARTS) is 1. The molecule has 1 aromatic carbocycles. The molecule has 1 N–H and O–H groups in total. The highest BCUT2D eigenvalue weighted by atomic mass is 32.1. The first-order valence-corrected chi connectivity index (χ1v) is 5.37. The first kappa shape index (κ1) is 11.5. The lowest BCUT2D eigenvalue weighted by molar-refractivity contribution is 0.0687. The predicted octanol–water partition coefficient (Wildman–Crippen LogP) is 1.95. The first-order valence-electron chi connectivity index (χ1n) is 4.59. The third-order valence-electron chi connectivity index (χ3n) is 1.92. The van der Waals surface area contributed by atoms with E-state index >= 15 is 0 Å². The van der Waals surface area contributed by atoms with Gasteiger partial charge in [-0.3, -0.25) is 0 Å². The second kappa shape index (κ2) is 4.88. The van der Waals surface area contributed by atoms with Crippen molar-refractivity contribution in [3.63, 3.8) is 0 Å². The second-order valence-corrected chi connectivity index (χ2v) is 3.93. The fraction of sp³-hybridized carbons (Fsp3) is 0.100. The molecule has 88 valence electrons. The van der Waals surface area contributed by atoms with Crippen LogP contribution < -0.4 is 4.74 Å². The molecule has 0 aliphatic heterocycles. The summed E-state index contributed by atoms with van der Waals surface area (Å²) in [6, 6.07) is 5.60. The minimum atomic E-state index is -1.16. The lowest BCUT2D eigenvalue weighted by atomic mass is 10.3. The number of halogens is 1. The third kappa shape index (κ3) is 2.76. The van der Waals surface area contributed by atoms with Crippen molar-refractivity contribution in [3.05, 3.63) is 40.7 Å². The van der Waals surface area contributed by atoms with Gasteiger partial charge in [-0.15, -0.1) is 5.10 Å². The Morgan fingerprint density at radius 2 is 2.35 bits per heavy atom. The summed E-state index contributed by atoms with van der Waals surface area (Å²) in [4.78, 5) is 11.1. The molecule has 0 radical (unpaired) electrons. The number of ether oxygens (including phenoxy) is 1. The van der Waals surface area contributed by atoms with E-state index in [4.69, 9.17) is 9.84 Å². The standard InChI is InChI=1S/C10H7FN2O3S/c11-6-2-1-3-7(4-6)16-5-8-9(10(14)15)12-13-17-8/h1-4H,5H2,(H,14,15). The molecule has 0 amide bonds. The van der Waals surface area contributed by atoms with Crippen LogP contribution in [-0.2, 0) is 6.61 Å². The van der Waals surface area contributed by atoms with Gasteiger partial charge in [0.15, 0.2) is 5.69 Å². The molecule has 0 unspecified atom stereocenters. The van der Waals surface area contributed by atoms with Crippen LogP contribution in [0.1, 0.15) is 15.4 Å². The Morgan fingerprint density at radius 1 is 1.53 bits per heavy atom. The monoisotopic (exact) mass is 254 g/mol. The van der Waals surface area contributed by atoms with Crippen molar-refractivity contribution in [3.8, 4) is 5.75 Å². The van der Waals surface area contributed by atoms with Crippen LogP contribution in [0.2, 0.25) is 0 Å². The van der Waals surface area contributed by atoms with Crippen LogP contribution >= 0.6 is 11.5 Å². The average molecular weight is 254 g/mol. The van der Waals surface area contributed by atoms with Gasteiger partial charge >= 0.3 is 5.97 Å². The van der Waals surface area contributed by atoms with Crippen LogP contribution in [0.3, 0.4) is 0 Å². The lowest BCUT2D eigenvalue weighted by Crippen LogP contribution is -2.03. The summed E-state index contributed by atoms with van der Waals surface area (Å²) in [7, 11) is 0. The van der Waals surface area contributed by atoms with Gasteiger partial charge in [0.25, 0.3) is 0 Å². The Hall–Kier alpha value is -2.02. The van der Waals surface area contributed by atoms with E-state index < -0.39 is 11.8 Å². The molecule has 0 atom stereocenters. The molecule has 0 spiro atoms. The Bertz CT molecular complexity index is 544. The molecule has 1 aromatic heterocycles. The van der Waals surface area contributed by atoms with Crippen LogP contribution in [0, 0.1) is 5.82 Å². The third-order valence-corrected chi connectivity index (χ3v) is 2.62. The fourth-order valence-corrected chi connectivity index (χ4v) is 1.72. The molecular weight excluding hydrogens is 247 g/mol. The quantitative estimate of drug-likeness (QED) is 0.902. The number of hydrogen-bond acceptors (Lipinski definition) is 5. The SMILES string of the molecule is O=C(O)c1nnsc1COc1cccc(F)c1. The lowest BCUT2D eigenvalue weighted by Gasteiger charge is -2.04. The molecular formula is C10H7FN2O3S. The fourth-order valence-electron chi connectivity index (χ4n) is 1.17. The summed E-state index contributed by atoms with van der Waals surface area (Å²) < 4.78 is 21.6. The molecule has 1 heterocycles. The van der Waals surface area contributed by atoms with Gasteiger partial charge in [0.05, 0.1) is 4.88 Å². The van der Waals surface area contributed by atoms with E-state index in [1.54, 1.807) is 6.07 Å². The maximum absolute atomic E-state index is 12.8. The minimum Gasteiger partial charge on any atom is -0.488 e. The number of aromatic nitrogens is 2. The Morgan fingerprint density at radius 3 is 3.06 bits per heavy atom. The number of aromatic carboxylic acids is 1.